The first-order valence-corrected chi connectivity index (χ1v) is 10.3. The molecule has 2 atom stereocenters. The molecule has 148 valence electrons. The standard InChI is InChI=1S/C22H20N2O4S/c1-3-13(2)19(24-20(25)14-8-4-5-9-15(14)21(24)26)22(27)28-12-18-23-16-10-6-7-11-17(16)29-18/h4-11,13,19H,3,12H2,1-2H3. The van der Waals surface area contributed by atoms with Crippen LogP contribution < -0.4 is 0 Å². The molecule has 0 saturated carbocycles. The molecule has 0 bridgehead atoms. The van der Waals surface area contributed by atoms with Crippen LogP contribution in [0.15, 0.2) is 48.5 Å². The number of hydrogen-bond acceptors (Lipinski definition) is 6. The Hall–Kier alpha value is -3.06. The van der Waals surface area contributed by atoms with Crippen molar-refractivity contribution in [2.45, 2.75) is 32.9 Å². The Labute approximate surface area is 172 Å². The normalized spacial score (nSPS) is 15.4. The molecule has 3 aromatic rings. The van der Waals surface area contributed by atoms with E-state index in [1.54, 1.807) is 24.3 Å². The van der Waals surface area contributed by atoms with Crippen molar-refractivity contribution in [1.82, 2.24) is 9.88 Å². The molecule has 2 unspecified atom stereocenters. The molecule has 0 spiro atoms. The van der Waals surface area contributed by atoms with Crippen LogP contribution >= 0.6 is 11.3 Å². The van der Waals surface area contributed by atoms with Gasteiger partial charge in [0, 0.05) is 0 Å². The lowest BCUT2D eigenvalue weighted by molar-refractivity contribution is -0.151. The van der Waals surface area contributed by atoms with Gasteiger partial charge < -0.3 is 4.74 Å². The second-order valence-electron chi connectivity index (χ2n) is 7.04. The predicted octanol–water partition coefficient (Wildman–Crippen LogP) is 4.05. The Morgan fingerprint density at radius 1 is 1.07 bits per heavy atom. The molecule has 1 aliphatic heterocycles. The van der Waals surface area contributed by atoms with E-state index in [0.717, 1.165) is 15.1 Å². The second kappa shape index (κ2) is 7.75. The first-order chi connectivity index (χ1) is 14.0. The molecule has 4 rings (SSSR count). The molecule has 6 nitrogen and oxygen atoms in total. The monoisotopic (exact) mass is 408 g/mol. The van der Waals surface area contributed by atoms with E-state index in [0.29, 0.717) is 22.6 Å². The van der Waals surface area contributed by atoms with E-state index >= 15 is 0 Å². The number of carbonyl (C=O) groups is 3. The molecule has 2 heterocycles. The molecule has 0 N–H and O–H groups in total. The van der Waals surface area contributed by atoms with Crippen LogP contribution in [0.1, 0.15) is 46.0 Å². The number of fused-ring (bicyclic) bond motifs is 2. The van der Waals surface area contributed by atoms with Gasteiger partial charge in [-0.05, 0) is 30.2 Å². The zero-order valence-corrected chi connectivity index (χ0v) is 16.9. The van der Waals surface area contributed by atoms with Crippen molar-refractivity contribution in [3.63, 3.8) is 0 Å². The fraction of sp³-hybridized carbons (Fsp3) is 0.273. The summed E-state index contributed by atoms with van der Waals surface area (Å²) in [5, 5.41) is 0.671. The molecule has 1 aliphatic rings. The number of nitrogens with zero attached hydrogens (tertiary/aromatic N) is 2. The lowest BCUT2D eigenvalue weighted by atomic mass is 9.97. The maximum Gasteiger partial charge on any atom is 0.330 e. The van der Waals surface area contributed by atoms with Crippen molar-refractivity contribution in [3.8, 4) is 0 Å². The summed E-state index contributed by atoms with van der Waals surface area (Å²) in [6.45, 7) is 3.76. The molecular weight excluding hydrogens is 388 g/mol. The predicted molar refractivity (Wildman–Crippen MR) is 110 cm³/mol. The van der Waals surface area contributed by atoms with Crippen LogP contribution in [0.3, 0.4) is 0 Å². The van der Waals surface area contributed by atoms with Gasteiger partial charge in [0.15, 0.2) is 0 Å². The Kier molecular flexibility index (Phi) is 5.15. The Morgan fingerprint density at radius 2 is 1.69 bits per heavy atom. The van der Waals surface area contributed by atoms with E-state index < -0.39 is 23.8 Å². The van der Waals surface area contributed by atoms with Gasteiger partial charge in [-0.15, -0.1) is 11.3 Å². The molecule has 2 aromatic carbocycles. The molecule has 0 fully saturated rings. The third-order valence-corrected chi connectivity index (χ3v) is 6.21. The summed E-state index contributed by atoms with van der Waals surface area (Å²) in [4.78, 5) is 44.2. The summed E-state index contributed by atoms with van der Waals surface area (Å²) in [5.41, 5.74) is 1.50. The average molecular weight is 408 g/mol. The molecule has 7 heteroatoms. The SMILES string of the molecule is CCC(C)C(C(=O)OCc1nc2ccccc2s1)N1C(=O)c2ccccc2C1=O. The topological polar surface area (TPSA) is 76.6 Å². The van der Waals surface area contributed by atoms with Crippen LogP contribution in [0.2, 0.25) is 0 Å². The fourth-order valence-corrected chi connectivity index (χ4v) is 4.36. The molecule has 1 aromatic heterocycles. The third kappa shape index (κ3) is 3.42. The third-order valence-electron chi connectivity index (χ3n) is 5.20. The summed E-state index contributed by atoms with van der Waals surface area (Å²) in [6.07, 6.45) is 0.619. The first-order valence-electron chi connectivity index (χ1n) is 9.49. The largest absolute Gasteiger partial charge is 0.457 e. The van der Waals surface area contributed by atoms with Crippen LogP contribution in [0.25, 0.3) is 10.2 Å². The molecular formula is C22H20N2O4S. The number of hydrogen-bond donors (Lipinski definition) is 0. The number of para-hydroxylation sites is 1. The van der Waals surface area contributed by atoms with Gasteiger partial charge in [0.1, 0.15) is 17.7 Å². The zero-order valence-electron chi connectivity index (χ0n) is 16.1. The molecule has 0 saturated heterocycles. The highest BCUT2D eigenvalue weighted by Gasteiger charge is 2.45. The van der Waals surface area contributed by atoms with Crippen LogP contribution in [0.5, 0.6) is 0 Å². The fourth-order valence-electron chi connectivity index (χ4n) is 3.48. The molecule has 0 aliphatic carbocycles. The number of benzene rings is 2. The van der Waals surface area contributed by atoms with Gasteiger partial charge in [-0.25, -0.2) is 9.78 Å². The minimum absolute atomic E-state index is 0.00822. The minimum atomic E-state index is -0.971. The number of esters is 1. The number of aromatic nitrogens is 1. The highest BCUT2D eigenvalue weighted by atomic mass is 32.1. The van der Waals surface area contributed by atoms with E-state index in [1.165, 1.54) is 11.3 Å². The van der Waals surface area contributed by atoms with Crippen LogP contribution in [0.4, 0.5) is 0 Å². The van der Waals surface area contributed by atoms with Crippen molar-refractivity contribution in [3.05, 3.63) is 64.7 Å². The molecule has 0 radical (unpaired) electrons. The summed E-state index contributed by atoms with van der Waals surface area (Å²) in [5.74, 6) is -1.73. The lowest BCUT2D eigenvalue weighted by Gasteiger charge is -2.28. The minimum Gasteiger partial charge on any atom is -0.457 e. The van der Waals surface area contributed by atoms with E-state index in [4.69, 9.17) is 4.74 Å². The van der Waals surface area contributed by atoms with Gasteiger partial charge in [0.25, 0.3) is 11.8 Å². The Balaban J connectivity index is 1.56. The summed E-state index contributed by atoms with van der Waals surface area (Å²) < 4.78 is 6.52. The molecule has 29 heavy (non-hydrogen) atoms. The van der Waals surface area contributed by atoms with E-state index in [1.807, 2.05) is 38.1 Å². The smallest absolute Gasteiger partial charge is 0.330 e. The number of ether oxygens (including phenoxy) is 1. The second-order valence-corrected chi connectivity index (χ2v) is 8.15. The maximum atomic E-state index is 13.0. The quantitative estimate of drug-likeness (QED) is 0.454. The summed E-state index contributed by atoms with van der Waals surface area (Å²) in [6, 6.07) is 13.3. The number of carbonyl (C=O) groups excluding carboxylic acids is 3. The van der Waals surface area contributed by atoms with E-state index in [2.05, 4.69) is 4.98 Å². The first kappa shape index (κ1) is 19.3. The van der Waals surface area contributed by atoms with Crippen molar-refractivity contribution < 1.29 is 19.1 Å². The van der Waals surface area contributed by atoms with Gasteiger partial charge in [0.2, 0.25) is 0 Å². The van der Waals surface area contributed by atoms with Crippen LogP contribution in [-0.4, -0.2) is 33.7 Å². The van der Waals surface area contributed by atoms with E-state index in [-0.39, 0.29) is 12.5 Å². The van der Waals surface area contributed by atoms with Crippen LogP contribution in [0, 0.1) is 5.92 Å². The Bertz CT molecular complexity index is 1040. The van der Waals surface area contributed by atoms with Crippen molar-refractivity contribution >= 4 is 39.3 Å². The summed E-state index contributed by atoms with van der Waals surface area (Å²) >= 11 is 1.45. The number of rotatable bonds is 6. The van der Waals surface area contributed by atoms with E-state index in [9.17, 15) is 14.4 Å². The van der Waals surface area contributed by atoms with Gasteiger partial charge in [0.05, 0.1) is 21.3 Å². The maximum absolute atomic E-state index is 13.0. The summed E-state index contributed by atoms with van der Waals surface area (Å²) in [7, 11) is 0. The number of thiazole rings is 1. The highest BCUT2D eigenvalue weighted by molar-refractivity contribution is 7.18. The van der Waals surface area contributed by atoms with Crippen molar-refractivity contribution in [2.75, 3.05) is 0 Å². The number of imide groups is 1. The van der Waals surface area contributed by atoms with Gasteiger partial charge >= 0.3 is 5.97 Å². The Morgan fingerprint density at radius 3 is 2.31 bits per heavy atom. The lowest BCUT2D eigenvalue weighted by Crippen LogP contribution is -2.49. The van der Waals surface area contributed by atoms with Crippen molar-refractivity contribution in [2.24, 2.45) is 5.92 Å². The van der Waals surface area contributed by atoms with Gasteiger partial charge in [-0.1, -0.05) is 44.5 Å². The average Bonchev–Trinajstić information content (AvgIpc) is 3.27. The molecule has 2 amide bonds. The highest BCUT2D eigenvalue weighted by Crippen LogP contribution is 2.29. The van der Waals surface area contributed by atoms with Crippen molar-refractivity contribution in [1.29, 1.82) is 0 Å². The van der Waals surface area contributed by atoms with Gasteiger partial charge in [-0.2, -0.15) is 0 Å². The number of amides is 2. The van der Waals surface area contributed by atoms with Gasteiger partial charge in [-0.3, -0.25) is 14.5 Å². The van der Waals surface area contributed by atoms with Crippen LogP contribution in [-0.2, 0) is 16.1 Å². The zero-order chi connectivity index (χ0) is 20.5.